The molecule has 0 aliphatic heterocycles. The molecule has 0 spiro atoms. The highest BCUT2D eigenvalue weighted by molar-refractivity contribution is 7.17. The van der Waals surface area contributed by atoms with Crippen molar-refractivity contribution in [2.75, 3.05) is 6.54 Å². The van der Waals surface area contributed by atoms with Gasteiger partial charge in [0, 0.05) is 13.0 Å². The number of amidine groups is 1. The number of nitrogens with zero attached hydrogens (tertiary/aromatic N) is 1. The molecule has 1 aromatic rings. The summed E-state index contributed by atoms with van der Waals surface area (Å²) in [7, 11) is 0. The Morgan fingerprint density at radius 3 is 2.93 bits per heavy atom. The number of hydrogen-bond acceptors (Lipinski definition) is 4. The standard InChI is InChI=1S/C8H10ClN3O2S/c9-6-2-1-5(15-6)8(13)11-4-3-7(10)12-14/h1-2,14H,3-4H2,(H2,10,12)(H,11,13). The predicted octanol–water partition coefficient (Wildman–Crippen LogP) is 1.27. The molecule has 1 rings (SSSR count). The molecule has 0 saturated heterocycles. The summed E-state index contributed by atoms with van der Waals surface area (Å²) in [5.41, 5.74) is 5.23. The van der Waals surface area contributed by atoms with Gasteiger partial charge in [-0.3, -0.25) is 4.79 Å². The zero-order valence-corrected chi connectivity index (χ0v) is 9.31. The van der Waals surface area contributed by atoms with Crippen molar-refractivity contribution >= 4 is 34.7 Å². The fraction of sp³-hybridized carbons (Fsp3) is 0.250. The van der Waals surface area contributed by atoms with Crippen LogP contribution in [0.4, 0.5) is 0 Å². The highest BCUT2D eigenvalue weighted by Gasteiger charge is 2.07. The highest BCUT2D eigenvalue weighted by atomic mass is 35.5. The van der Waals surface area contributed by atoms with Crippen molar-refractivity contribution in [3.8, 4) is 0 Å². The van der Waals surface area contributed by atoms with Gasteiger partial charge in [0.05, 0.1) is 9.21 Å². The van der Waals surface area contributed by atoms with E-state index in [4.69, 9.17) is 22.5 Å². The Bertz CT molecular complexity index is 378. The number of thiophene rings is 1. The van der Waals surface area contributed by atoms with E-state index < -0.39 is 0 Å². The van der Waals surface area contributed by atoms with Crippen LogP contribution < -0.4 is 11.1 Å². The second-order valence-electron chi connectivity index (χ2n) is 2.70. The zero-order chi connectivity index (χ0) is 11.3. The molecule has 1 heterocycles. The van der Waals surface area contributed by atoms with Crippen molar-refractivity contribution in [2.45, 2.75) is 6.42 Å². The lowest BCUT2D eigenvalue weighted by molar-refractivity contribution is 0.0958. The molecule has 82 valence electrons. The van der Waals surface area contributed by atoms with Crippen molar-refractivity contribution < 1.29 is 10.0 Å². The molecule has 1 aromatic heterocycles. The Labute approximate surface area is 95.5 Å². The molecule has 0 fully saturated rings. The summed E-state index contributed by atoms with van der Waals surface area (Å²) in [6.45, 7) is 0.324. The van der Waals surface area contributed by atoms with Gasteiger partial charge < -0.3 is 16.3 Å². The van der Waals surface area contributed by atoms with Crippen LogP contribution in [0.25, 0.3) is 0 Å². The van der Waals surface area contributed by atoms with E-state index in [0.717, 1.165) is 0 Å². The van der Waals surface area contributed by atoms with Crippen molar-refractivity contribution in [1.82, 2.24) is 5.32 Å². The molecule has 0 aliphatic rings. The van der Waals surface area contributed by atoms with Crippen LogP contribution in [-0.4, -0.2) is 23.5 Å². The fourth-order valence-corrected chi connectivity index (χ4v) is 1.84. The SMILES string of the molecule is NC(CCNC(=O)c1ccc(Cl)s1)=NO. The number of amides is 1. The van der Waals surface area contributed by atoms with Crippen molar-refractivity contribution in [1.29, 1.82) is 0 Å². The molecule has 0 atom stereocenters. The van der Waals surface area contributed by atoms with Crippen LogP contribution in [-0.2, 0) is 0 Å². The van der Waals surface area contributed by atoms with Crippen LogP contribution in [0.3, 0.4) is 0 Å². The van der Waals surface area contributed by atoms with Crippen LogP contribution in [0.1, 0.15) is 16.1 Å². The van der Waals surface area contributed by atoms with Crippen molar-refractivity contribution in [3.63, 3.8) is 0 Å². The summed E-state index contributed by atoms with van der Waals surface area (Å²) >= 11 is 6.88. The van der Waals surface area contributed by atoms with E-state index in [1.165, 1.54) is 11.3 Å². The minimum atomic E-state index is -0.211. The smallest absolute Gasteiger partial charge is 0.261 e. The second-order valence-corrected chi connectivity index (χ2v) is 4.42. The monoisotopic (exact) mass is 247 g/mol. The molecule has 0 aliphatic carbocycles. The van der Waals surface area contributed by atoms with Crippen molar-refractivity contribution in [3.05, 3.63) is 21.3 Å². The average molecular weight is 248 g/mol. The third-order valence-electron chi connectivity index (χ3n) is 1.59. The predicted molar refractivity (Wildman–Crippen MR) is 59.7 cm³/mol. The van der Waals surface area contributed by atoms with Gasteiger partial charge in [0.2, 0.25) is 0 Å². The summed E-state index contributed by atoms with van der Waals surface area (Å²) in [4.78, 5) is 12.0. The maximum Gasteiger partial charge on any atom is 0.261 e. The van der Waals surface area contributed by atoms with Crippen LogP contribution in [0.5, 0.6) is 0 Å². The Morgan fingerprint density at radius 2 is 2.40 bits per heavy atom. The molecule has 0 unspecified atom stereocenters. The maximum atomic E-state index is 11.4. The first-order valence-electron chi connectivity index (χ1n) is 4.13. The lowest BCUT2D eigenvalue weighted by atomic mass is 10.4. The quantitative estimate of drug-likeness (QED) is 0.324. The number of oxime groups is 1. The molecular formula is C8H10ClN3O2S. The Kier molecular flexibility index (Phi) is 4.38. The first kappa shape index (κ1) is 11.8. The molecule has 7 heteroatoms. The van der Waals surface area contributed by atoms with Gasteiger partial charge in [-0.05, 0) is 12.1 Å². The van der Waals surface area contributed by atoms with Crippen LogP contribution in [0.15, 0.2) is 17.3 Å². The minimum Gasteiger partial charge on any atom is -0.409 e. The number of carbonyl (C=O) groups excluding carboxylic acids is 1. The summed E-state index contributed by atoms with van der Waals surface area (Å²) in [6.07, 6.45) is 0.307. The Balaban J connectivity index is 2.37. The Hall–Kier alpha value is -1.27. The van der Waals surface area contributed by atoms with E-state index in [-0.39, 0.29) is 11.7 Å². The van der Waals surface area contributed by atoms with Crippen LogP contribution >= 0.6 is 22.9 Å². The number of nitrogens with one attached hydrogen (secondary N) is 1. The first-order valence-corrected chi connectivity index (χ1v) is 5.33. The van der Waals surface area contributed by atoms with E-state index >= 15 is 0 Å². The van der Waals surface area contributed by atoms with Crippen LogP contribution in [0.2, 0.25) is 4.34 Å². The number of halogens is 1. The first-order chi connectivity index (χ1) is 7.13. The summed E-state index contributed by atoms with van der Waals surface area (Å²) in [5.74, 6) is -0.128. The topological polar surface area (TPSA) is 87.7 Å². The largest absolute Gasteiger partial charge is 0.409 e. The lowest BCUT2D eigenvalue weighted by Crippen LogP contribution is -2.27. The third-order valence-corrected chi connectivity index (χ3v) is 2.82. The molecule has 4 N–H and O–H groups in total. The average Bonchev–Trinajstić information content (AvgIpc) is 2.64. The molecule has 5 nitrogen and oxygen atoms in total. The number of carbonyl (C=O) groups is 1. The molecule has 0 aromatic carbocycles. The van der Waals surface area contributed by atoms with Gasteiger partial charge in [-0.2, -0.15) is 0 Å². The summed E-state index contributed by atoms with van der Waals surface area (Å²) < 4.78 is 0.566. The highest BCUT2D eigenvalue weighted by Crippen LogP contribution is 2.20. The van der Waals surface area contributed by atoms with E-state index in [9.17, 15) is 4.79 Å². The van der Waals surface area contributed by atoms with E-state index in [1.807, 2.05) is 0 Å². The summed E-state index contributed by atoms with van der Waals surface area (Å²) in [5, 5.41) is 13.7. The van der Waals surface area contributed by atoms with E-state index in [0.29, 0.717) is 22.2 Å². The van der Waals surface area contributed by atoms with Gasteiger partial charge in [0.25, 0.3) is 5.91 Å². The molecule has 0 saturated carbocycles. The van der Waals surface area contributed by atoms with Gasteiger partial charge in [0.1, 0.15) is 5.84 Å². The minimum absolute atomic E-state index is 0.0829. The normalized spacial score (nSPS) is 11.4. The summed E-state index contributed by atoms with van der Waals surface area (Å²) in [6, 6.07) is 3.30. The molecular weight excluding hydrogens is 238 g/mol. The van der Waals surface area contributed by atoms with E-state index in [2.05, 4.69) is 10.5 Å². The van der Waals surface area contributed by atoms with Gasteiger partial charge >= 0.3 is 0 Å². The maximum absolute atomic E-state index is 11.4. The van der Waals surface area contributed by atoms with Gasteiger partial charge in [-0.15, -0.1) is 11.3 Å². The van der Waals surface area contributed by atoms with Gasteiger partial charge in [-0.1, -0.05) is 16.8 Å². The van der Waals surface area contributed by atoms with Crippen LogP contribution in [0, 0.1) is 0 Å². The van der Waals surface area contributed by atoms with E-state index in [1.54, 1.807) is 12.1 Å². The number of rotatable bonds is 4. The van der Waals surface area contributed by atoms with Gasteiger partial charge in [-0.25, -0.2) is 0 Å². The molecule has 0 radical (unpaired) electrons. The fourth-order valence-electron chi connectivity index (χ4n) is 0.878. The molecule has 0 bridgehead atoms. The third kappa shape index (κ3) is 3.77. The van der Waals surface area contributed by atoms with Crippen molar-refractivity contribution in [2.24, 2.45) is 10.9 Å². The van der Waals surface area contributed by atoms with Gasteiger partial charge in [0.15, 0.2) is 0 Å². The Morgan fingerprint density at radius 1 is 1.67 bits per heavy atom. The molecule has 1 amide bonds. The second kappa shape index (κ2) is 5.57. The number of nitrogens with two attached hydrogens (primary N) is 1. The lowest BCUT2D eigenvalue weighted by Gasteiger charge is -2.01. The molecule has 15 heavy (non-hydrogen) atoms. The number of hydrogen-bond donors (Lipinski definition) is 3. The zero-order valence-electron chi connectivity index (χ0n) is 7.74.